The van der Waals surface area contributed by atoms with Gasteiger partial charge in [0, 0.05) is 32.5 Å². The van der Waals surface area contributed by atoms with Gasteiger partial charge in [0.15, 0.2) is 0 Å². The quantitative estimate of drug-likeness (QED) is 0.162. The molecule has 0 spiro atoms. The van der Waals surface area contributed by atoms with Crippen LogP contribution in [0.15, 0.2) is 191 Å². The van der Waals surface area contributed by atoms with Crippen molar-refractivity contribution >= 4 is 115 Å². The van der Waals surface area contributed by atoms with Crippen molar-refractivity contribution in [3.05, 3.63) is 193 Å². The predicted octanol–water partition coefficient (Wildman–Crippen LogP) is 15.5. The third-order valence-electron chi connectivity index (χ3n) is 13.0. The Balaban J connectivity index is 1.23. The maximum absolute atomic E-state index is 6.38. The number of nitrogens with zero attached hydrogens (tertiary/aromatic N) is 2. The first-order chi connectivity index (χ1) is 29.2. The lowest BCUT2D eigenvalue weighted by molar-refractivity contribution is 0.669. The number of fused-ring (bicyclic) bond motifs is 18. The number of furan rings is 1. The summed E-state index contributed by atoms with van der Waals surface area (Å²) in [5.41, 5.74) is 10.1. The van der Waals surface area contributed by atoms with Crippen LogP contribution in [0.2, 0.25) is 0 Å². The highest BCUT2D eigenvalue weighted by Gasteiger charge is 2.28. The third kappa shape index (κ3) is 4.56. The van der Waals surface area contributed by atoms with Gasteiger partial charge in [-0.3, -0.25) is 4.57 Å². The average molecular weight is 753 g/mol. The minimum absolute atomic E-state index is 0.805. The largest absolute Gasteiger partial charge is 0.456 e. The Labute approximate surface area is 339 Å². The number of hydrogen-bond acceptors (Lipinski definition) is 2. The second-order valence-corrected chi connectivity index (χ2v) is 16.0. The van der Waals surface area contributed by atoms with E-state index in [0.717, 1.165) is 62.9 Å². The van der Waals surface area contributed by atoms with Crippen LogP contribution in [0, 0.1) is 0 Å². The van der Waals surface area contributed by atoms with Crippen molar-refractivity contribution in [3.8, 4) is 0 Å². The molecule has 0 saturated carbocycles. The van der Waals surface area contributed by atoms with Gasteiger partial charge in [0.1, 0.15) is 17.0 Å². The summed E-state index contributed by atoms with van der Waals surface area (Å²) >= 11 is 0. The molecule has 0 aliphatic carbocycles. The van der Waals surface area contributed by atoms with E-state index in [-0.39, 0.29) is 0 Å². The Bertz CT molecular complexity index is 3820. The van der Waals surface area contributed by atoms with Crippen LogP contribution in [-0.2, 0) is 6.42 Å². The molecule has 0 saturated heterocycles. The summed E-state index contributed by atoms with van der Waals surface area (Å²) in [6, 6.07) is 64.4. The molecule has 3 nitrogen and oxygen atoms in total. The zero-order valence-corrected chi connectivity index (χ0v) is 32.5. The number of hydrogen-bond donors (Lipinski definition) is 0. The molecule has 0 radical (unpaired) electrons. The molecule has 276 valence electrons. The van der Waals surface area contributed by atoms with Crippen molar-refractivity contribution in [2.75, 3.05) is 0 Å². The molecule has 0 unspecified atom stereocenters. The number of para-hydroxylation sites is 1. The Morgan fingerprint density at radius 2 is 1.05 bits per heavy atom. The molecule has 59 heavy (non-hydrogen) atoms. The summed E-state index contributed by atoms with van der Waals surface area (Å²) in [5.74, 6) is 0.947. The summed E-state index contributed by atoms with van der Waals surface area (Å²) in [6.07, 6.45) is 1.68. The predicted molar refractivity (Wildman–Crippen MR) is 251 cm³/mol. The van der Waals surface area contributed by atoms with Gasteiger partial charge < -0.3 is 4.42 Å². The van der Waals surface area contributed by atoms with Gasteiger partial charge >= 0.3 is 0 Å². The second-order valence-electron chi connectivity index (χ2n) is 16.0. The van der Waals surface area contributed by atoms with E-state index in [2.05, 4.69) is 181 Å². The summed E-state index contributed by atoms with van der Waals surface area (Å²) in [4.78, 5) is 5.89. The SMILES string of the molecule is CCC1=C(c2ccc3oc4ccccc4c3c2)C(n2c3ccc4ccccc4c3c3c4c5ccccc5c5ccccc5c4ccc32)=Nc2ccc3ccccc3c2C1. The van der Waals surface area contributed by atoms with Crippen LogP contribution in [0.25, 0.3) is 103 Å². The molecule has 13 rings (SSSR count). The fourth-order valence-electron chi connectivity index (χ4n) is 10.4. The average Bonchev–Trinajstić information content (AvgIpc) is 3.78. The molecule has 1 aliphatic heterocycles. The van der Waals surface area contributed by atoms with Crippen LogP contribution in [0.5, 0.6) is 0 Å². The molecule has 10 aromatic carbocycles. The smallest absolute Gasteiger partial charge is 0.146 e. The summed E-state index contributed by atoms with van der Waals surface area (Å²) < 4.78 is 8.88. The van der Waals surface area contributed by atoms with E-state index in [4.69, 9.17) is 9.41 Å². The maximum Gasteiger partial charge on any atom is 0.146 e. The van der Waals surface area contributed by atoms with Crippen molar-refractivity contribution in [1.29, 1.82) is 0 Å². The van der Waals surface area contributed by atoms with E-state index < -0.39 is 0 Å². The van der Waals surface area contributed by atoms with Gasteiger partial charge in [0.2, 0.25) is 0 Å². The molecule has 0 N–H and O–H groups in total. The van der Waals surface area contributed by atoms with E-state index in [9.17, 15) is 0 Å². The third-order valence-corrected chi connectivity index (χ3v) is 13.0. The first kappa shape index (κ1) is 32.6. The van der Waals surface area contributed by atoms with Crippen molar-refractivity contribution in [2.24, 2.45) is 4.99 Å². The van der Waals surface area contributed by atoms with Crippen LogP contribution in [0.1, 0.15) is 24.5 Å². The summed E-state index contributed by atoms with van der Waals surface area (Å²) in [6.45, 7) is 2.30. The van der Waals surface area contributed by atoms with Crippen molar-refractivity contribution in [3.63, 3.8) is 0 Å². The van der Waals surface area contributed by atoms with Gasteiger partial charge in [-0.05, 0) is 109 Å². The number of allylic oxidation sites excluding steroid dienone is 2. The Morgan fingerprint density at radius 3 is 1.83 bits per heavy atom. The number of benzene rings is 10. The standard InChI is InChI=1S/C56H36N2O/c1-2-33-31-45-37-15-5-3-13-34(37)23-27-47(45)57-56(52(33)36-25-30-51-46(32-36)42-20-11-12-22-50(42)59-51)58-48-28-24-35-14-4-6-16-38(35)54(48)55-49(58)29-26-44-41-19-8-7-17-39(41)40-18-9-10-21-43(40)53(44)55/h3-30,32H,2,31H2,1H3. The normalized spacial score (nSPS) is 13.5. The zero-order valence-electron chi connectivity index (χ0n) is 32.5. The molecule has 0 atom stereocenters. The lowest BCUT2D eigenvalue weighted by Crippen LogP contribution is -2.15. The van der Waals surface area contributed by atoms with Gasteiger partial charge in [-0.25, -0.2) is 4.99 Å². The molecular weight excluding hydrogens is 717 g/mol. The van der Waals surface area contributed by atoms with Crippen LogP contribution in [-0.4, -0.2) is 10.4 Å². The molecule has 2 aromatic heterocycles. The number of aliphatic imine (C=N–C) groups is 1. The highest BCUT2D eigenvalue weighted by molar-refractivity contribution is 6.41. The van der Waals surface area contributed by atoms with Crippen LogP contribution >= 0.6 is 0 Å². The van der Waals surface area contributed by atoms with E-state index in [1.54, 1.807) is 0 Å². The van der Waals surface area contributed by atoms with Crippen molar-refractivity contribution in [1.82, 2.24) is 4.57 Å². The van der Waals surface area contributed by atoms with Gasteiger partial charge in [0.25, 0.3) is 0 Å². The van der Waals surface area contributed by atoms with Crippen molar-refractivity contribution in [2.45, 2.75) is 19.8 Å². The summed E-state index contributed by atoms with van der Waals surface area (Å²) in [5, 5.41) is 17.3. The fraction of sp³-hybridized carbons (Fsp3) is 0.0536. The Kier molecular flexibility index (Phi) is 6.77. The molecular formula is C56H36N2O. The molecule has 3 heteroatoms. The van der Waals surface area contributed by atoms with Crippen LogP contribution in [0.4, 0.5) is 5.69 Å². The van der Waals surface area contributed by atoms with E-state index in [0.29, 0.717) is 0 Å². The van der Waals surface area contributed by atoms with Crippen LogP contribution in [0.3, 0.4) is 0 Å². The lowest BCUT2D eigenvalue weighted by Gasteiger charge is -2.18. The Morgan fingerprint density at radius 1 is 0.475 bits per heavy atom. The van der Waals surface area contributed by atoms with E-state index in [1.807, 2.05) is 6.07 Å². The monoisotopic (exact) mass is 752 g/mol. The molecule has 3 heterocycles. The number of rotatable bonds is 2. The van der Waals surface area contributed by atoms with E-state index in [1.165, 1.54) is 81.3 Å². The Hall–Kier alpha value is -7.49. The second kappa shape index (κ2) is 12.3. The zero-order chi connectivity index (χ0) is 38.8. The molecule has 0 bridgehead atoms. The van der Waals surface area contributed by atoms with Gasteiger partial charge in [-0.1, -0.05) is 152 Å². The molecule has 0 amide bonds. The highest BCUT2D eigenvalue weighted by atomic mass is 16.3. The minimum Gasteiger partial charge on any atom is -0.456 e. The first-order valence-corrected chi connectivity index (χ1v) is 20.7. The highest BCUT2D eigenvalue weighted by Crippen LogP contribution is 2.47. The number of aromatic nitrogens is 1. The first-order valence-electron chi connectivity index (χ1n) is 20.7. The molecule has 1 aliphatic rings. The van der Waals surface area contributed by atoms with Crippen molar-refractivity contribution < 1.29 is 4.42 Å². The van der Waals surface area contributed by atoms with Gasteiger partial charge in [0.05, 0.1) is 16.7 Å². The summed E-state index contributed by atoms with van der Waals surface area (Å²) in [7, 11) is 0. The molecule has 0 fully saturated rings. The van der Waals surface area contributed by atoms with E-state index >= 15 is 0 Å². The van der Waals surface area contributed by atoms with Gasteiger partial charge in [-0.15, -0.1) is 0 Å². The minimum atomic E-state index is 0.805. The fourth-order valence-corrected chi connectivity index (χ4v) is 10.4. The lowest BCUT2D eigenvalue weighted by atomic mass is 9.90. The van der Waals surface area contributed by atoms with Crippen LogP contribution < -0.4 is 0 Å². The topological polar surface area (TPSA) is 30.4 Å². The van der Waals surface area contributed by atoms with Gasteiger partial charge in [-0.2, -0.15) is 0 Å². The molecule has 12 aromatic rings. The maximum atomic E-state index is 6.38.